The van der Waals surface area contributed by atoms with Gasteiger partial charge in [-0.25, -0.2) is 9.78 Å². The minimum atomic E-state index is -0.887. The number of aromatic nitrogens is 1. The van der Waals surface area contributed by atoms with E-state index in [-0.39, 0.29) is 24.3 Å². The Kier molecular flexibility index (Phi) is 10.6. The zero-order chi connectivity index (χ0) is 27.5. The maximum absolute atomic E-state index is 13.4. The van der Waals surface area contributed by atoms with Crippen molar-refractivity contribution in [2.75, 3.05) is 6.54 Å². The second-order valence-electron chi connectivity index (χ2n) is 9.25. The van der Waals surface area contributed by atoms with Crippen LogP contribution in [0.1, 0.15) is 48.5 Å². The van der Waals surface area contributed by atoms with Crippen molar-refractivity contribution >= 4 is 45.3 Å². The molecule has 0 spiro atoms. The molecule has 10 nitrogen and oxygen atoms in total. The number of carbonyl (C=O) groups excluding carboxylic acids is 3. The number of rotatable bonds is 13. The highest BCUT2D eigenvalue weighted by atomic mass is 32.1. The molecular formula is C27H34N6O4S. The molecule has 38 heavy (non-hydrogen) atoms. The number of fused-ring (bicyclic) bond motifs is 1. The summed E-state index contributed by atoms with van der Waals surface area (Å²) in [6.45, 7) is 4.26. The van der Waals surface area contributed by atoms with Crippen LogP contribution in [0, 0.1) is 5.92 Å². The van der Waals surface area contributed by atoms with Crippen molar-refractivity contribution in [1.29, 1.82) is 0 Å². The third-order valence-electron chi connectivity index (χ3n) is 5.61. The largest absolute Gasteiger partial charge is 0.445 e. The summed E-state index contributed by atoms with van der Waals surface area (Å²) in [6, 6.07) is 14.9. The van der Waals surface area contributed by atoms with Gasteiger partial charge in [-0.2, -0.15) is 0 Å². The first-order valence-electron chi connectivity index (χ1n) is 12.5. The van der Waals surface area contributed by atoms with E-state index in [0.717, 1.165) is 10.3 Å². The number of benzene rings is 2. The predicted molar refractivity (Wildman–Crippen MR) is 149 cm³/mol. The van der Waals surface area contributed by atoms with Gasteiger partial charge >= 0.3 is 6.09 Å². The first-order valence-corrected chi connectivity index (χ1v) is 13.3. The van der Waals surface area contributed by atoms with Gasteiger partial charge in [-0.3, -0.25) is 14.6 Å². The van der Waals surface area contributed by atoms with Crippen molar-refractivity contribution in [3.8, 4) is 0 Å². The Morgan fingerprint density at radius 1 is 1.00 bits per heavy atom. The Morgan fingerprint density at radius 3 is 2.39 bits per heavy atom. The van der Waals surface area contributed by atoms with Gasteiger partial charge in [0.2, 0.25) is 11.7 Å². The first-order chi connectivity index (χ1) is 18.2. The van der Waals surface area contributed by atoms with Crippen LogP contribution in [0.25, 0.3) is 10.2 Å². The summed E-state index contributed by atoms with van der Waals surface area (Å²) in [4.78, 5) is 47.7. The summed E-state index contributed by atoms with van der Waals surface area (Å²) in [5.41, 5.74) is 12.4. The van der Waals surface area contributed by atoms with E-state index in [1.807, 2.05) is 68.4 Å². The SMILES string of the molecule is CC(C)CC(NC(=O)OCc1ccccc1)C(=O)N[C@@H](CCCN=C(N)N)C(=O)c1nc2ccccc2s1. The normalized spacial score (nSPS) is 12.5. The van der Waals surface area contributed by atoms with E-state index in [2.05, 4.69) is 20.6 Å². The van der Waals surface area contributed by atoms with Crippen LogP contribution in [0.3, 0.4) is 0 Å². The van der Waals surface area contributed by atoms with Crippen LogP contribution in [0.15, 0.2) is 59.6 Å². The Balaban J connectivity index is 1.71. The minimum Gasteiger partial charge on any atom is -0.445 e. The van der Waals surface area contributed by atoms with Crippen LogP contribution >= 0.6 is 11.3 Å². The molecule has 202 valence electrons. The summed E-state index contributed by atoms with van der Waals surface area (Å²) in [7, 11) is 0. The molecule has 2 atom stereocenters. The minimum absolute atomic E-state index is 0.0432. The molecule has 0 fully saturated rings. The second kappa shape index (κ2) is 14.1. The number of ketones is 1. The van der Waals surface area contributed by atoms with E-state index >= 15 is 0 Å². The van der Waals surface area contributed by atoms with Crippen LogP contribution in [-0.2, 0) is 16.1 Å². The van der Waals surface area contributed by atoms with Crippen LogP contribution in [0.4, 0.5) is 4.79 Å². The maximum Gasteiger partial charge on any atom is 0.408 e. The second-order valence-corrected chi connectivity index (χ2v) is 10.3. The number of nitrogens with two attached hydrogens (primary N) is 2. The molecular weight excluding hydrogens is 504 g/mol. The van der Waals surface area contributed by atoms with Crippen molar-refractivity contribution in [2.24, 2.45) is 22.4 Å². The molecule has 0 aliphatic carbocycles. The topological polar surface area (TPSA) is 162 Å². The average Bonchev–Trinajstić information content (AvgIpc) is 3.33. The maximum atomic E-state index is 13.4. The molecule has 1 unspecified atom stereocenters. The average molecular weight is 539 g/mol. The molecule has 0 bridgehead atoms. The standard InChI is InChI=1S/C27H34N6O4S/c1-17(2)15-21(33-27(36)37-16-18-9-4-3-5-10-18)24(35)31-20(12-8-14-30-26(28)29)23(34)25-32-19-11-6-7-13-22(19)38-25/h3-7,9-11,13,17,20-21H,8,12,14-16H2,1-2H3,(H,31,35)(H,33,36)(H4,28,29,30)/t20-,21?/m0/s1. The van der Waals surface area contributed by atoms with E-state index in [1.54, 1.807) is 0 Å². The third-order valence-corrected chi connectivity index (χ3v) is 6.66. The highest BCUT2D eigenvalue weighted by molar-refractivity contribution is 7.20. The fourth-order valence-electron chi connectivity index (χ4n) is 3.78. The molecule has 3 aromatic rings. The van der Waals surface area contributed by atoms with Gasteiger partial charge in [-0.15, -0.1) is 11.3 Å². The molecule has 0 aliphatic rings. The van der Waals surface area contributed by atoms with Crippen LogP contribution in [-0.4, -0.2) is 47.4 Å². The summed E-state index contributed by atoms with van der Waals surface area (Å²) in [6.07, 6.45) is 0.407. The molecule has 6 N–H and O–H groups in total. The lowest BCUT2D eigenvalue weighted by Crippen LogP contribution is -2.52. The van der Waals surface area contributed by atoms with Crippen molar-refractivity contribution in [3.63, 3.8) is 0 Å². The van der Waals surface area contributed by atoms with Crippen LogP contribution in [0.5, 0.6) is 0 Å². The Labute approximate surface area is 225 Å². The van der Waals surface area contributed by atoms with E-state index in [0.29, 0.717) is 36.3 Å². The molecule has 2 amide bonds. The van der Waals surface area contributed by atoms with Gasteiger partial charge in [-0.05, 0) is 42.9 Å². The zero-order valence-electron chi connectivity index (χ0n) is 21.6. The molecule has 0 radical (unpaired) electrons. The molecule has 0 aliphatic heterocycles. The number of nitrogens with one attached hydrogen (secondary N) is 2. The van der Waals surface area contributed by atoms with E-state index in [9.17, 15) is 14.4 Å². The van der Waals surface area contributed by atoms with Gasteiger partial charge in [0.15, 0.2) is 11.0 Å². The number of alkyl carbamates (subject to hydrolysis) is 1. The highest BCUT2D eigenvalue weighted by Gasteiger charge is 2.29. The Hall–Kier alpha value is -3.99. The Bertz CT molecular complexity index is 1220. The number of thiazole rings is 1. The molecule has 1 aromatic heterocycles. The van der Waals surface area contributed by atoms with Gasteiger partial charge < -0.3 is 26.8 Å². The predicted octanol–water partition coefficient (Wildman–Crippen LogP) is 3.36. The summed E-state index contributed by atoms with van der Waals surface area (Å²) in [5, 5.41) is 5.78. The molecule has 0 saturated heterocycles. The van der Waals surface area contributed by atoms with E-state index in [4.69, 9.17) is 16.2 Å². The summed E-state index contributed by atoms with van der Waals surface area (Å²) >= 11 is 1.27. The van der Waals surface area contributed by atoms with Crippen molar-refractivity contribution < 1.29 is 19.1 Å². The van der Waals surface area contributed by atoms with Crippen molar-refractivity contribution in [3.05, 3.63) is 65.2 Å². The fourth-order valence-corrected chi connectivity index (χ4v) is 4.74. The number of guanidine groups is 1. The van der Waals surface area contributed by atoms with Gasteiger partial charge in [0.1, 0.15) is 12.6 Å². The third kappa shape index (κ3) is 8.84. The molecule has 1 heterocycles. The number of Topliss-reactive ketones (excluding diaryl/α,β-unsaturated/α-hetero) is 1. The number of nitrogens with zero attached hydrogens (tertiary/aromatic N) is 2. The smallest absolute Gasteiger partial charge is 0.408 e. The number of aliphatic imine (C=N–C) groups is 1. The highest BCUT2D eigenvalue weighted by Crippen LogP contribution is 2.23. The summed E-state index contributed by atoms with van der Waals surface area (Å²) < 4.78 is 6.18. The van der Waals surface area contributed by atoms with Crippen molar-refractivity contribution in [2.45, 2.75) is 51.8 Å². The molecule has 3 rings (SSSR count). The monoisotopic (exact) mass is 538 g/mol. The van der Waals surface area contributed by atoms with Crippen LogP contribution < -0.4 is 22.1 Å². The number of hydrogen-bond donors (Lipinski definition) is 4. The zero-order valence-corrected chi connectivity index (χ0v) is 22.4. The lowest BCUT2D eigenvalue weighted by atomic mass is 10.0. The van der Waals surface area contributed by atoms with Gasteiger partial charge in [0, 0.05) is 6.54 Å². The van der Waals surface area contributed by atoms with E-state index < -0.39 is 24.1 Å². The number of ether oxygens (including phenoxy) is 1. The number of carbonyl (C=O) groups is 3. The van der Waals surface area contributed by atoms with Crippen molar-refractivity contribution in [1.82, 2.24) is 15.6 Å². The fraction of sp³-hybridized carbons (Fsp3) is 0.370. The molecule has 2 aromatic carbocycles. The lowest BCUT2D eigenvalue weighted by molar-refractivity contribution is -0.124. The quantitative estimate of drug-likeness (QED) is 0.112. The summed E-state index contributed by atoms with van der Waals surface area (Å²) in [5.74, 6) is -0.727. The number of amides is 2. The van der Waals surface area contributed by atoms with Gasteiger partial charge in [-0.1, -0.05) is 56.3 Å². The lowest BCUT2D eigenvalue weighted by Gasteiger charge is -2.23. The van der Waals surface area contributed by atoms with Crippen LogP contribution in [0.2, 0.25) is 0 Å². The molecule has 11 heteroatoms. The molecule has 0 saturated carbocycles. The Morgan fingerprint density at radius 2 is 1.71 bits per heavy atom. The number of hydrogen-bond acceptors (Lipinski definition) is 7. The van der Waals surface area contributed by atoms with E-state index in [1.165, 1.54) is 11.3 Å². The van der Waals surface area contributed by atoms with Gasteiger partial charge in [0.25, 0.3) is 0 Å². The number of para-hydroxylation sites is 1. The van der Waals surface area contributed by atoms with Gasteiger partial charge in [0.05, 0.1) is 16.3 Å². The first kappa shape index (κ1) is 28.6.